The van der Waals surface area contributed by atoms with E-state index in [9.17, 15) is 17.6 Å². The van der Waals surface area contributed by atoms with Gasteiger partial charge in [0.1, 0.15) is 17.4 Å². The smallest absolute Gasteiger partial charge is 0.266 e. The number of benzene rings is 1. The van der Waals surface area contributed by atoms with E-state index in [0.29, 0.717) is 0 Å². The summed E-state index contributed by atoms with van der Waals surface area (Å²) in [5.74, 6) is -1.61. The molecule has 2 aromatic rings. The van der Waals surface area contributed by atoms with Crippen LogP contribution in [0.2, 0.25) is 0 Å². The third kappa shape index (κ3) is 3.23. The second-order valence-electron chi connectivity index (χ2n) is 3.53. The van der Waals surface area contributed by atoms with Crippen LogP contribution in [0.25, 0.3) is 0 Å². The minimum absolute atomic E-state index is 0.0140. The zero-order valence-corrected chi connectivity index (χ0v) is 10.8. The van der Waals surface area contributed by atoms with Crippen molar-refractivity contribution in [2.24, 2.45) is 0 Å². The Kier molecular flexibility index (Phi) is 4.04. The van der Waals surface area contributed by atoms with Crippen molar-refractivity contribution in [3.8, 4) is 11.6 Å². The first-order valence-electron chi connectivity index (χ1n) is 5.04. The Morgan fingerprint density at radius 2 is 1.89 bits per heavy atom. The third-order valence-corrected chi connectivity index (χ3v) is 2.76. The van der Waals surface area contributed by atoms with Crippen molar-refractivity contribution in [1.82, 2.24) is 4.98 Å². The summed E-state index contributed by atoms with van der Waals surface area (Å²) in [4.78, 5) is 3.61. The van der Waals surface area contributed by atoms with Crippen LogP contribution >= 0.6 is 15.9 Å². The third-order valence-electron chi connectivity index (χ3n) is 2.19. The van der Waals surface area contributed by atoms with Crippen LogP contribution < -0.4 is 4.74 Å². The summed E-state index contributed by atoms with van der Waals surface area (Å²) in [6.45, 7) is 0. The quantitative estimate of drug-likeness (QED) is 0.748. The molecule has 1 aromatic heterocycles. The van der Waals surface area contributed by atoms with Gasteiger partial charge in [0.15, 0.2) is 0 Å². The molecular formula is C12H6BrF4NO. The lowest BCUT2D eigenvalue weighted by atomic mass is 10.2. The highest BCUT2D eigenvalue weighted by Gasteiger charge is 2.18. The lowest BCUT2D eigenvalue weighted by molar-refractivity contribution is 0.145. The summed E-state index contributed by atoms with van der Waals surface area (Å²) in [6, 6.07) is 4.39. The SMILES string of the molecule is Fc1ccc(Oc2cc(Br)c(F)c(C(F)F)c2)nc1. The summed E-state index contributed by atoms with van der Waals surface area (Å²) in [6.07, 6.45) is -2.05. The van der Waals surface area contributed by atoms with E-state index in [4.69, 9.17) is 4.74 Å². The minimum Gasteiger partial charge on any atom is -0.439 e. The van der Waals surface area contributed by atoms with Gasteiger partial charge < -0.3 is 4.74 Å². The molecule has 0 aliphatic rings. The maximum absolute atomic E-state index is 13.4. The maximum atomic E-state index is 13.4. The van der Waals surface area contributed by atoms with E-state index in [1.54, 1.807) is 0 Å². The lowest BCUT2D eigenvalue weighted by Crippen LogP contribution is -1.95. The van der Waals surface area contributed by atoms with Crippen LogP contribution in [0, 0.1) is 11.6 Å². The molecule has 19 heavy (non-hydrogen) atoms. The number of halogens is 5. The Balaban J connectivity index is 2.33. The standard InChI is InChI=1S/C12H6BrF4NO/c13-9-4-7(3-8(11(9)15)12(16)17)19-10-2-1-6(14)5-18-10/h1-5,12H. The largest absolute Gasteiger partial charge is 0.439 e. The number of rotatable bonds is 3. The Bertz CT molecular complexity index is 589. The molecule has 0 radical (unpaired) electrons. The van der Waals surface area contributed by atoms with E-state index >= 15 is 0 Å². The van der Waals surface area contributed by atoms with Gasteiger partial charge in [0, 0.05) is 6.07 Å². The van der Waals surface area contributed by atoms with Gasteiger partial charge in [0.05, 0.1) is 16.2 Å². The average Bonchev–Trinajstić information content (AvgIpc) is 2.36. The molecule has 100 valence electrons. The van der Waals surface area contributed by atoms with Crippen LogP contribution in [0.15, 0.2) is 34.9 Å². The van der Waals surface area contributed by atoms with Crippen molar-refractivity contribution >= 4 is 15.9 Å². The highest BCUT2D eigenvalue weighted by molar-refractivity contribution is 9.10. The fourth-order valence-electron chi connectivity index (χ4n) is 1.35. The number of hydrogen-bond acceptors (Lipinski definition) is 2. The van der Waals surface area contributed by atoms with Crippen LogP contribution in [-0.2, 0) is 0 Å². The van der Waals surface area contributed by atoms with Gasteiger partial charge in [-0.2, -0.15) is 0 Å². The molecule has 0 atom stereocenters. The summed E-state index contributed by atoms with van der Waals surface area (Å²) in [5, 5.41) is 0. The molecule has 7 heteroatoms. The van der Waals surface area contributed by atoms with Crippen LogP contribution in [-0.4, -0.2) is 4.98 Å². The van der Waals surface area contributed by atoms with Crippen LogP contribution in [0.1, 0.15) is 12.0 Å². The van der Waals surface area contributed by atoms with Crippen molar-refractivity contribution in [3.63, 3.8) is 0 Å². The number of aromatic nitrogens is 1. The predicted octanol–water partition coefficient (Wildman–Crippen LogP) is 4.85. The van der Waals surface area contributed by atoms with Gasteiger partial charge in [0.2, 0.25) is 5.88 Å². The average molecular weight is 336 g/mol. The number of pyridine rings is 1. The van der Waals surface area contributed by atoms with Crippen LogP contribution in [0.4, 0.5) is 17.6 Å². The van der Waals surface area contributed by atoms with E-state index in [1.165, 1.54) is 12.1 Å². The molecule has 0 unspecified atom stereocenters. The molecule has 2 nitrogen and oxygen atoms in total. The predicted molar refractivity (Wildman–Crippen MR) is 63.3 cm³/mol. The van der Waals surface area contributed by atoms with E-state index in [-0.39, 0.29) is 16.1 Å². The summed E-state index contributed by atoms with van der Waals surface area (Å²) in [7, 11) is 0. The number of ether oxygens (including phenoxy) is 1. The van der Waals surface area contributed by atoms with Gasteiger partial charge in [-0.05, 0) is 34.1 Å². The summed E-state index contributed by atoms with van der Waals surface area (Å²) >= 11 is 2.82. The highest BCUT2D eigenvalue weighted by atomic mass is 79.9. The van der Waals surface area contributed by atoms with Crippen LogP contribution in [0.5, 0.6) is 11.6 Å². The van der Waals surface area contributed by atoms with E-state index in [0.717, 1.165) is 18.3 Å². The molecular weight excluding hydrogens is 330 g/mol. The number of hydrogen-bond donors (Lipinski definition) is 0. The molecule has 0 fully saturated rings. The monoisotopic (exact) mass is 335 g/mol. The summed E-state index contributed by atoms with van der Waals surface area (Å²) in [5.41, 5.74) is -0.786. The summed E-state index contributed by atoms with van der Waals surface area (Å²) < 4.78 is 56.2. The van der Waals surface area contributed by atoms with E-state index in [2.05, 4.69) is 20.9 Å². The maximum Gasteiger partial charge on any atom is 0.266 e. The first-order valence-corrected chi connectivity index (χ1v) is 5.83. The molecule has 1 heterocycles. The fourth-order valence-corrected chi connectivity index (χ4v) is 1.80. The lowest BCUT2D eigenvalue weighted by Gasteiger charge is -2.09. The highest BCUT2D eigenvalue weighted by Crippen LogP contribution is 2.33. The molecule has 0 saturated heterocycles. The minimum atomic E-state index is -2.97. The van der Waals surface area contributed by atoms with Gasteiger partial charge in [-0.15, -0.1) is 0 Å². The molecule has 0 bridgehead atoms. The first-order chi connectivity index (χ1) is 8.97. The first kappa shape index (κ1) is 13.8. The van der Waals surface area contributed by atoms with E-state index < -0.39 is 23.6 Å². The number of nitrogens with zero attached hydrogens (tertiary/aromatic N) is 1. The zero-order chi connectivity index (χ0) is 14.0. The molecule has 0 amide bonds. The molecule has 0 aliphatic heterocycles. The molecule has 0 saturated carbocycles. The van der Waals surface area contributed by atoms with Gasteiger partial charge >= 0.3 is 0 Å². The van der Waals surface area contributed by atoms with Crippen molar-refractivity contribution in [1.29, 1.82) is 0 Å². The Labute approximate surface area is 114 Å². The van der Waals surface area contributed by atoms with Gasteiger partial charge in [-0.1, -0.05) is 0 Å². The van der Waals surface area contributed by atoms with Crippen molar-refractivity contribution in [2.45, 2.75) is 6.43 Å². The molecule has 0 aliphatic carbocycles. The Morgan fingerprint density at radius 3 is 2.47 bits per heavy atom. The Hall–Kier alpha value is -1.63. The normalized spacial score (nSPS) is 10.8. The molecule has 0 N–H and O–H groups in total. The topological polar surface area (TPSA) is 22.1 Å². The number of alkyl halides is 2. The van der Waals surface area contributed by atoms with Gasteiger partial charge in [-0.25, -0.2) is 22.5 Å². The van der Waals surface area contributed by atoms with Crippen molar-refractivity contribution < 1.29 is 22.3 Å². The second-order valence-corrected chi connectivity index (χ2v) is 4.38. The van der Waals surface area contributed by atoms with E-state index in [1.807, 2.05) is 0 Å². The Morgan fingerprint density at radius 1 is 1.16 bits per heavy atom. The van der Waals surface area contributed by atoms with Crippen molar-refractivity contribution in [3.05, 3.63) is 52.1 Å². The van der Waals surface area contributed by atoms with Crippen LogP contribution in [0.3, 0.4) is 0 Å². The van der Waals surface area contributed by atoms with Gasteiger partial charge in [-0.3, -0.25) is 0 Å². The zero-order valence-electron chi connectivity index (χ0n) is 9.21. The molecule has 0 spiro atoms. The van der Waals surface area contributed by atoms with Crippen molar-refractivity contribution in [2.75, 3.05) is 0 Å². The van der Waals surface area contributed by atoms with Gasteiger partial charge in [0.25, 0.3) is 6.43 Å². The fraction of sp³-hybridized carbons (Fsp3) is 0.0833. The second kappa shape index (κ2) is 5.56. The molecule has 2 rings (SSSR count). The molecule has 1 aromatic carbocycles.